The molecule has 1 aromatic heterocycles. The van der Waals surface area contributed by atoms with E-state index in [1.54, 1.807) is 0 Å². The molecule has 1 aromatic rings. The molecule has 0 spiro atoms. The predicted octanol–water partition coefficient (Wildman–Crippen LogP) is 3.03. The van der Waals surface area contributed by atoms with E-state index in [-0.39, 0.29) is 0 Å². The van der Waals surface area contributed by atoms with Crippen molar-refractivity contribution in [3.8, 4) is 0 Å². The second kappa shape index (κ2) is 6.79. The smallest absolute Gasteiger partial charge is 0.412 e. The number of nitrogens with zero attached hydrogens (tertiary/aromatic N) is 1. The number of hydrogen-bond acceptors (Lipinski definition) is 3. The number of piperidine rings is 1. The summed E-state index contributed by atoms with van der Waals surface area (Å²) in [7, 11) is 2.16. The number of aromatic amines is 1. The Morgan fingerprint density at radius 3 is 2.85 bits per heavy atom. The maximum absolute atomic E-state index is 11.6. The third-order valence-corrected chi connectivity index (χ3v) is 3.68. The molecule has 1 aliphatic rings. The van der Waals surface area contributed by atoms with Gasteiger partial charge in [0.2, 0.25) is 0 Å². The lowest BCUT2D eigenvalue weighted by molar-refractivity contribution is 0.147. The minimum absolute atomic E-state index is 0.346. The quantitative estimate of drug-likeness (QED) is 0.890. The number of H-pyrrole nitrogens is 1. The average molecular weight is 279 g/mol. The fourth-order valence-corrected chi connectivity index (χ4v) is 2.45. The molecular formula is C15H25N3O2. The Morgan fingerprint density at radius 2 is 2.20 bits per heavy atom. The highest BCUT2D eigenvalue weighted by atomic mass is 16.5. The third kappa shape index (κ3) is 4.27. The van der Waals surface area contributed by atoms with Crippen LogP contribution in [0, 0.1) is 5.92 Å². The first kappa shape index (κ1) is 14.9. The molecule has 5 nitrogen and oxygen atoms in total. The van der Waals surface area contributed by atoms with Gasteiger partial charge in [0.1, 0.15) is 5.82 Å². The first-order valence-electron chi connectivity index (χ1n) is 7.35. The molecule has 1 fully saturated rings. The van der Waals surface area contributed by atoms with Crippen LogP contribution >= 0.6 is 0 Å². The standard InChI is InChI=1S/C15H25N3O2/c1-11(2)10-20-15(19)17-14-8-13(9-16-14)12-4-6-18(3)7-5-12/h8-9,11-12,16H,4-7,10H2,1-3H3,(H,17,19). The largest absolute Gasteiger partial charge is 0.449 e. The van der Waals surface area contributed by atoms with Crippen LogP contribution in [-0.2, 0) is 4.74 Å². The first-order chi connectivity index (χ1) is 9.54. The van der Waals surface area contributed by atoms with Crippen LogP contribution < -0.4 is 5.32 Å². The van der Waals surface area contributed by atoms with Gasteiger partial charge in [-0.3, -0.25) is 5.32 Å². The highest BCUT2D eigenvalue weighted by Crippen LogP contribution is 2.28. The number of rotatable bonds is 4. The lowest BCUT2D eigenvalue weighted by atomic mass is 9.91. The van der Waals surface area contributed by atoms with Crippen LogP contribution in [0.15, 0.2) is 12.3 Å². The van der Waals surface area contributed by atoms with Crippen molar-refractivity contribution < 1.29 is 9.53 Å². The van der Waals surface area contributed by atoms with Crippen LogP contribution in [0.4, 0.5) is 10.6 Å². The summed E-state index contributed by atoms with van der Waals surface area (Å²) in [5, 5.41) is 2.74. The highest BCUT2D eigenvalue weighted by Gasteiger charge is 2.19. The number of carbonyl (C=O) groups is 1. The van der Waals surface area contributed by atoms with E-state index in [9.17, 15) is 4.79 Å². The molecule has 2 rings (SSSR count). The molecule has 112 valence electrons. The number of nitrogens with one attached hydrogen (secondary N) is 2. The van der Waals surface area contributed by atoms with Crippen molar-refractivity contribution in [1.82, 2.24) is 9.88 Å². The van der Waals surface area contributed by atoms with Crippen molar-refractivity contribution in [2.75, 3.05) is 32.1 Å². The van der Waals surface area contributed by atoms with E-state index in [0.29, 0.717) is 24.3 Å². The lowest BCUT2D eigenvalue weighted by Crippen LogP contribution is -2.29. The number of ether oxygens (including phenoxy) is 1. The van der Waals surface area contributed by atoms with E-state index < -0.39 is 6.09 Å². The Morgan fingerprint density at radius 1 is 1.50 bits per heavy atom. The Kier molecular flexibility index (Phi) is 5.06. The van der Waals surface area contributed by atoms with E-state index in [4.69, 9.17) is 4.74 Å². The Hall–Kier alpha value is -1.49. The molecule has 0 atom stereocenters. The van der Waals surface area contributed by atoms with Gasteiger partial charge in [-0.25, -0.2) is 4.79 Å². The summed E-state index contributed by atoms with van der Waals surface area (Å²) in [5.41, 5.74) is 1.28. The fraction of sp³-hybridized carbons (Fsp3) is 0.667. The monoisotopic (exact) mass is 279 g/mol. The highest BCUT2D eigenvalue weighted by molar-refractivity contribution is 5.83. The molecule has 2 N–H and O–H groups in total. The lowest BCUT2D eigenvalue weighted by Gasteiger charge is -2.28. The van der Waals surface area contributed by atoms with Gasteiger partial charge in [0.05, 0.1) is 6.61 Å². The van der Waals surface area contributed by atoms with Gasteiger partial charge < -0.3 is 14.6 Å². The first-order valence-corrected chi connectivity index (χ1v) is 7.35. The molecule has 0 unspecified atom stereocenters. The van der Waals surface area contributed by atoms with Gasteiger partial charge in [0.25, 0.3) is 0 Å². The maximum Gasteiger partial charge on any atom is 0.412 e. The summed E-state index contributed by atoms with van der Waals surface area (Å²) in [6.45, 7) is 6.73. The predicted molar refractivity (Wildman–Crippen MR) is 80.1 cm³/mol. The molecule has 0 aromatic carbocycles. The SMILES string of the molecule is CC(C)COC(=O)Nc1cc(C2CCN(C)CC2)c[nH]1. The molecule has 0 saturated carbocycles. The van der Waals surface area contributed by atoms with E-state index in [1.165, 1.54) is 18.4 Å². The fourth-order valence-electron chi connectivity index (χ4n) is 2.45. The molecule has 1 amide bonds. The van der Waals surface area contributed by atoms with Crippen molar-refractivity contribution >= 4 is 11.9 Å². The number of amides is 1. The summed E-state index contributed by atoms with van der Waals surface area (Å²) < 4.78 is 5.10. The van der Waals surface area contributed by atoms with Crippen LogP contribution in [-0.4, -0.2) is 42.7 Å². The minimum Gasteiger partial charge on any atom is -0.449 e. The van der Waals surface area contributed by atoms with Crippen molar-refractivity contribution in [2.45, 2.75) is 32.6 Å². The molecule has 20 heavy (non-hydrogen) atoms. The van der Waals surface area contributed by atoms with E-state index in [1.807, 2.05) is 26.1 Å². The molecule has 0 aliphatic carbocycles. The number of aromatic nitrogens is 1. The van der Waals surface area contributed by atoms with E-state index in [2.05, 4.69) is 22.2 Å². The zero-order valence-corrected chi connectivity index (χ0v) is 12.6. The van der Waals surface area contributed by atoms with Gasteiger partial charge in [-0.1, -0.05) is 13.8 Å². The molecule has 1 saturated heterocycles. The Labute approximate surface area is 120 Å². The number of hydrogen-bond donors (Lipinski definition) is 2. The van der Waals surface area contributed by atoms with Crippen LogP contribution in [0.25, 0.3) is 0 Å². The van der Waals surface area contributed by atoms with Crippen molar-refractivity contribution in [2.24, 2.45) is 5.92 Å². The molecule has 0 bridgehead atoms. The molecule has 2 heterocycles. The van der Waals surface area contributed by atoms with E-state index in [0.717, 1.165) is 13.1 Å². The Bertz CT molecular complexity index is 434. The van der Waals surface area contributed by atoms with Crippen molar-refractivity contribution in [1.29, 1.82) is 0 Å². The van der Waals surface area contributed by atoms with E-state index >= 15 is 0 Å². The van der Waals surface area contributed by atoms with Gasteiger partial charge in [-0.05, 0) is 56.4 Å². The average Bonchev–Trinajstić information content (AvgIpc) is 2.85. The maximum atomic E-state index is 11.6. The number of likely N-dealkylation sites (tertiary alicyclic amines) is 1. The molecule has 0 radical (unpaired) electrons. The van der Waals surface area contributed by atoms with Gasteiger partial charge in [-0.15, -0.1) is 0 Å². The van der Waals surface area contributed by atoms with Crippen molar-refractivity contribution in [3.05, 3.63) is 17.8 Å². The second-order valence-electron chi connectivity index (χ2n) is 6.04. The zero-order valence-electron chi connectivity index (χ0n) is 12.6. The van der Waals surface area contributed by atoms with Gasteiger partial charge >= 0.3 is 6.09 Å². The second-order valence-corrected chi connectivity index (χ2v) is 6.04. The van der Waals surface area contributed by atoms with Crippen molar-refractivity contribution in [3.63, 3.8) is 0 Å². The minimum atomic E-state index is -0.393. The third-order valence-electron chi connectivity index (χ3n) is 3.68. The van der Waals surface area contributed by atoms with Gasteiger partial charge in [-0.2, -0.15) is 0 Å². The van der Waals surface area contributed by atoms with Gasteiger partial charge in [0.15, 0.2) is 0 Å². The number of anilines is 1. The zero-order chi connectivity index (χ0) is 14.5. The normalized spacial score (nSPS) is 17.4. The summed E-state index contributed by atoms with van der Waals surface area (Å²) in [6, 6.07) is 2.02. The molecular weight excluding hydrogens is 254 g/mol. The topological polar surface area (TPSA) is 57.4 Å². The van der Waals surface area contributed by atoms with Crippen LogP contribution in [0.1, 0.15) is 38.2 Å². The van der Waals surface area contributed by atoms with Crippen LogP contribution in [0.5, 0.6) is 0 Å². The summed E-state index contributed by atoms with van der Waals surface area (Å²) in [5.74, 6) is 1.65. The van der Waals surface area contributed by atoms with Gasteiger partial charge in [0, 0.05) is 6.20 Å². The summed E-state index contributed by atoms with van der Waals surface area (Å²) in [6.07, 6.45) is 3.95. The van der Waals surface area contributed by atoms with Crippen LogP contribution in [0.2, 0.25) is 0 Å². The molecule has 5 heteroatoms. The van der Waals surface area contributed by atoms with Crippen LogP contribution in [0.3, 0.4) is 0 Å². The molecule has 1 aliphatic heterocycles. The summed E-state index contributed by atoms with van der Waals surface area (Å²) in [4.78, 5) is 17.0. The number of carbonyl (C=O) groups excluding carboxylic acids is 1. The summed E-state index contributed by atoms with van der Waals surface area (Å²) >= 11 is 0. The Balaban J connectivity index is 1.84.